The van der Waals surface area contributed by atoms with Gasteiger partial charge in [0.15, 0.2) is 5.92 Å². The molecule has 0 aromatic heterocycles. The van der Waals surface area contributed by atoms with Gasteiger partial charge in [0, 0.05) is 26.2 Å². The van der Waals surface area contributed by atoms with Crippen LogP contribution in [0.15, 0.2) is 64.8 Å². The summed E-state index contributed by atoms with van der Waals surface area (Å²) in [4.78, 5) is 20.1. The van der Waals surface area contributed by atoms with Crippen LogP contribution in [0.1, 0.15) is 38.8 Å². The molecule has 35 heavy (non-hydrogen) atoms. The topological polar surface area (TPSA) is 77.7 Å². The molecule has 1 atom stereocenters. The summed E-state index contributed by atoms with van der Waals surface area (Å²) in [6.45, 7) is 12.9. The summed E-state index contributed by atoms with van der Waals surface area (Å²) in [6, 6.07) is 15.4. The fourth-order valence-corrected chi connectivity index (χ4v) is 3.74. The monoisotopic (exact) mass is 478 g/mol. The number of aryl methyl sites for hydroxylation is 1. The first-order chi connectivity index (χ1) is 16.9. The Morgan fingerprint density at radius 3 is 2.34 bits per heavy atom. The van der Waals surface area contributed by atoms with Gasteiger partial charge >= 0.3 is 5.97 Å². The number of nitrogens with zero attached hydrogens (tertiary/aromatic N) is 3. The summed E-state index contributed by atoms with van der Waals surface area (Å²) in [5.74, 6) is -2.25. The molecule has 3 rings (SSSR count). The molecule has 1 unspecified atom stereocenters. The molecule has 1 aliphatic rings. The maximum Gasteiger partial charge on any atom is 0.329 e. The second-order valence-electron chi connectivity index (χ2n) is 8.17. The lowest BCUT2D eigenvalue weighted by atomic mass is 9.97. The maximum absolute atomic E-state index is 13.2. The lowest BCUT2D eigenvalue weighted by molar-refractivity contribution is -0.145. The molecule has 0 aliphatic carbocycles. The highest BCUT2D eigenvalue weighted by molar-refractivity contribution is 6.14. The smallest absolute Gasteiger partial charge is 0.329 e. The van der Waals surface area contributed by atoms with Crippen LogP contribution in [0.3, 0.4) is 0 Å². The Balaban J connectivity index is 0.00000210. The van der Waals surface area contributed by atoms with E-state index in [1.54, 1.807) is 12.1 Å². The summed E-state index contributed by atoms with van der Waals surface area (Å²) < 4.78 is 18.6. The Morgan fingerprint density at radius 1 is 1.14 bits per heavy atom. The molecule has 1 saturated heterocycles. The van der Waals surface area contributed by atoms with E-state index < -0.39 is 11.9 Å². The number of halogens is 1. The van der Waals surface area contributed by atoms with Crippen LogP contribution in [0.2, 0.25) is 0 Å². The highest BCUT2D eigenvalue weighted by atomic mass is 19.1. The Hall–Kier alpha value is -3.50. The normalized spacial score (nSPS) is 14.2. The third kappa shape index (κ3) is 7.76. The molecule has 2 aromatic carbocycles. The van der Waals surface area contributed by atoms with Crippen LogP contribution in [-0.2, 0) is 16.1 Å². The van der Waals surface area contributed by atoms with Gasteiger partial charge < -0.3 is 15.0 Å². The number of hydrogen-bond donors (Lipinski definition) is 1. The summed E-state index contributed by atoms with van der Waals surface area (Å²) >= 11 is 0. The Labute approximate surface area is 208 Å². The van der Waals surface area contributed by atoms with Crippen molar-refractivity contribution in [3.05, 3.63) is 76.7 Å². The van der Waals surface area contributed by atoms with Crippen LogP contribution in [0, 0.1) is 30.0 Å². The summed E-state index contributed by atoms with van der Waals surface area (Å²) in [7, 11) is 0. The Bertz CT molecular complexity index is 1080. The molecular weight excluding hydrogens is 443 g/mol. The minimum Gasteiger partial charge on any atom is -0.460 e. The Morgan fingerprint density at radius 2 is 1.77 bits per heavy atom. The number of allylic oxidation sites excluding steroid dienone is 2. The average molecular weight is 479 g/mol. The van der Waals surface area contributed by atoms with Gasteiger partial charge in [-0.3, -0.25) is 4.79 Å². The van der Waals surface area contributed by atoms with Crippen LogP contribution in [0.5, 0.6) is 0 Å². The molecule has 2 aromatic rings. The van der Waals surface area contributed by atoms with Crippen molar-refractivity contribution in [1.29, 1.82) is 5.26 Å². The van der Waals surface area contributed by atoms with Crippen molar-refractivity contribution in [2.75, 3.05) is 26.2 Å². The van der Waals surface area contributed by atoms with Crippen LogP contribution in [-0.4, -0.2) is 42.8 Å². The number of carbonyl (C=O) groups excluding carboxylic acids is 1. The third-order valence-electron chi connectivity index (χ3n) is 5.44. The number of benzene rings is 2. The van der Waals surface area contributed by atoms with Gasteiger partial charge in [-0.25, -0.2) is 9.38 Å². The zero-order valence-electron chi connectivity index (χ0n) is 21.3. The number of aliphatic imine (C=N–C) groups is 1. The molecule has 0 radical (unpaired) electrons. The molecule has 0 bridgehead atoms. The number of piperazine rings is 1. The van der Waals surface area contributed by atoms with Gasteiger partial charge in [-0.2, -0.15) is 5.26 Å². The van der Waals surface area contributed by atoms with E-state index >= 15 is 0 Å². The molecule has 1 N–H and O–H groups in total. The molecular formula is C28H35FN4O2. The van der Waals surface area contributed by atoms with Crippen LogP contribution >= 0.6 is 0 Å². The first kappa shape index (κ1) is 27.7. The highest BCUT2D eigenvalue weighted by Crippen LogP contribution is 2.26. The van der Waals surface area contributed by atoms with Crippen molar-refractivity contribution in [3.63, 3.8) is 0 Å². The first-order valence-electron chi connectivity index (χ1n) is 12.0. The number of ether oxygens (including phenoxy) is 1. The molecule has 6 nitrogen and oxygen atoms in total. The van der Waals surface area contributed by atoms with Crippen LogP contribution in [0.25, 0.3) is 0 Å². The van der Waals surface area contributed by atoms with Gasteiger partial charge in [0.1, 0.15) is 12.4 Å². The quantitative estimate of drug-likeness (QED) is 0.431. The molecule has 1 aliphatic heterocycles. The predicted molar refractivity (Wildman–Crippen MR) is 138 cm³/mol. The van der Waals surface area contributed by atoms with E-state index in [4.69, 9.17) is 9.73 Å². The number of para-hydroxylation sites is 1. The van der Waals surface area contributed by atoms with Crippen molar-refractivity contribution in [3.8, 4) is 6.07 Å². The Kier molecular flexibility index (Phi) is 11.1. The number of nitriles is 1. The van der Waals surface area contributed by atoms with Crippen molar-refractivity contribution in [2.24, 2.45) is 10.9 Å². The predicted octanol–water partition coefficient (Wildman–Crippen LogP) is 5.32. The lowest BCUT2D eigenvalue weighted by Crippen LogP contribution is -2.46. The van der Waals surface area contributed by atoms with Gasteiger partial charge in [-0.1, -0.05) is 49.8 Å². The molecule has 1 heterocycles. The standard InChI is InChI=1S/C26H29FN4O2.C2H6/c1-18(2)25(31-14-12-29-13-15-31)24(30-23-7-5-4-6-19(23)3)22(16-28)26(32)33-17-20-8-10-21(27)11-9-20;1-2/h4-11,22,29H,12-15,17H2,1-3H3;1-2H3. The number of hydrogen-bond acceptors (Lipinski definition) is 6. The highest BCUT2D eigenvalue weighted by Gasteiger charge is 2.32. The molecule has 0 amide bonds. The summed E-state index contributed by atoms with van der Waals surface area (Å²) in [6.07, 6.45) is 0. The van der Waals surface area contributed by atoms with Gasteiger partial charge in [0.05, 0.1) is 23.2 Å². The molecule has 1 fully saturated rings. The van der Waals surface area contributed by atoms with Crippen LogP contribution < -0.4 is 5.32 Å². The van der Waals surface area contributed by atoms with E-state index in [1.165, 1.54) is 12.1 Å². The molecule has 186 valence electrons. The van der Waals surface area contributed by atoms with Gasteiger partial charge in [-0.05, 0) is 50.1 Å². The van der Waals surface area contributed by atoms with Gasteiger partial charge in [-0.15, -0.1) is 0 Å². The number of carbonyl (C=O) groups is 1. The van der Waals surface area contributed by atoms with E-state index in [0.29, 0.717) is 17.0 Å². The number of rotatable bonds is 7. The van der Waals surface area contributed by atoms with Crippen molar-refractivity contribution < 1.29 is 13.9 Å². The molecule has 7 heteroatoms. The van der Waals surface area contributed by atoms with E-state index in [1.807, 2.05) is 58.9 Å². The zero-order valence-corrected chi connectivity index (χ0v) is 21.3. The minimum atomic E-state index is -1.20. The second-order valence-corrected chi connectivity index (χ2v) is 8.17. The average Bonchev–Trinajstić information content (AvgIpc) is 2.87. The van der Waals surface area contributed by atoms with E-state index in [2.05, 4.69) is 16.3 Å². The van der Waals surface area contributed by atoms with E-state index in [9.17, 15) is 14.4 Å². The van der Waals surface area contributed by atoms with Crippen molar-refractivity contribution in [2.45, 2.75) is 41.2 Å². The van der Waals surface area contributed by atoms with Gasteiger partial charge in [0.2, 0.25) is 0 Å². The summed E-state index contributed by atoms with van der Waals surface area (Å²) in [5, 5.41) is 13.4. The third-order valence-corrected chi connectivity index (χ3v) is 5.44. The van der Waals surface area contributed by atoms with Crippen molar-refractivity contribution >= 4 is 17.4 Å². The summed E-state index contributed by atoms with van der Waals surface area (Å²) in [5.41, 5.74) is 4.44. The SMILES string of the molecule is CC.CC(C)=C(C(=Nc1ccccc1C)C(C#N)C(=O)OCc1ccc(F)cc1)N1CCNCC1. The number of nitrogens with one attached hydrogen (secondary N) is 1. The van der Waals surface area contributed by atoms with Crippen molar-refractivity contribution in [1.82, 2.24) is 10.2 Å². The van der Waals surface area contributed by atoms with E-state index in [0.717, 1.165) is 43.0 Å². The fraction of sp³-hybridized carbons (Fsp3) is 0.393. The maximum atomic E-state index is 13.2. The molecule has 0 saturated carbocycles. The first-order valence-corrected chi connectivity index (χ1v) is 12.0. The van der Waals surface area contributed by atoms with E-state index in [-0.39, 0.29) is 12.4 Å². The molecule has 0 spiro atoms. The van der Waals surface area contributed by atoms with Crippen LogP contribution in [0.4, 0.5) is 10.1 Å². The zero-order chi connectivity index (χ0) is 25.8. The second kappa shape index (κ2) is 14.0. The minimum absolute atomic E-state index is 0.0489. The largest absolute Gasteiger partial charge is 0.460 e. The lowest BCUT2D eigenvalue weighted by Gasteiger charge is -2.34. The number of esters is 1. The fourth-order valence-electron chi connectivity index (χ4n) is 3.74. The van der Waals surface area contributed by atoms with Gasteiger partial charge in [0.25, 0.3) is 0 Å².